The molecule has 1 amide bonds. The summed E-state index contributed by atoms with van der Waals surface area (Å²) in [6, 6.07) is 16.1. The molecule has 0 unspecified atom stereocenters. The van der Waals surface area contributed by atoms with Gasteiger partial charge in [0.1, 0.15) is 0 Å². The summed E-state index contributed by atoms with van der Waals surface area (Å²) in [5.41, 5.74) is 2.11. The summed E-state index contributed by atoms with van der Waals surface area (Å²) in [4.78, 5) is 25.7. The van der Waals surface area contributed by atoms with Crippen LogP contribution in [-0.2, 0) is 9.53 Å². The first-order valence-electron chi connectivity index (χ1n) is 8.65. The van der Waals surface area contributed by atoms with E-state index in [0.717, 1.165) is 11.3 Å². The Morgan fingerprint density at radius 1 is 1.11 bits per heavy atom. The number of benzene rings is 2. The van der Waals surface area contributed by atoms with Crippen molar-refractivity contribution in [1.82, 2.24) is 20.3 Å². The van der Waals surface area contributed by atoms with Gasteiger partial charge in [0.2, 0.25) is 0 Å². The summed E-state index contributed by atoms with van der Waals surface area (Å²) in [6.07, 6.45) is 0. The molecule has 3 aromatic rings. The average molecular weight is 399 g/mol. The summed E-state index contributed by atoms with van der Waals surface area (Å²) in [5, 5.41) is 11.8. The Bertz CT molecular complexity index is 971. The number of para-hydroxylation sites is 1. The molecule has 1 heterocycles. The average Bonchev–Trinajstić information content (AvgIpc) is 3.09. The van der Waals surface area contributed by atoms with Gasteiger partial charge in [-0.2, -0.15) is 9.90 Å². The van der Waals surface area contributed by atoms with Crippen molar-refractivity contribution < 1.29 is 14.3 Å². The van der Waals surface area contributed by atoms with Crippen LogP contribution in [0.15, 0.2) is 54.6 Å². The standard InChI is InChI=1S/C20H19ClN4O3/c1-13(15-8-10-16(21)11-9-15)22-18(26)12-28-20(27)19-14(2)23-25(24-19)17-6-4-3-5-7-17/h3-11,13H,12H2,1-2H3,(H,22,26)/t13-/m0/s1. The Kier molecular flexibility index (Phi) is 6.06. The van der Waals surface area contributed by atoms with Gasteiger partial charge < -0.3 is 10.1 Å². The third-order valence-corrected chi connectivity index (χ3v) is 4.30. The van der Waals surface area contributed by atoms with E-state index < -0.39 is 18.5 Å². The molecule has 0 aliphatic rings. The lowest BCUT2D eigenvalue weighted by Gasteiger charge is -2.14. The smallest absolute Gasteiger partial charge is 0.361 e. The van der Waals surface area contributed by atoms with E-state index in [1.54, 1.807) is 19.1 Å². The normalized spacial score (nSPS) is 11.7. The lowest BCUT2D eigenvalue weighted by atomic mass is 10.1. The summed E-state index contributed by atoms with van der Waals surface area (Å²) in [5.74, 6) is -1.11. The molecular formula is C20H19ClN4O3. The lowest BCUT2D eigenvalue weighted by molar-refractivity contribution is -0.124. The van der Waals surface area contributed by atoms with E-state index >= 15 is 0 Å². The molecule has 0 aliphatic heterocycles. The number of aromatic nitrogens is 3. The second-order valence-corrected chi connectivity index (χ2v) is 6.61. The zero-order chi connectivity index (χ0) is 20.1. The highest BCUT2D eigenvalue weighted by Gasteiger charge is 2.19. The topological polar surface area (TPSA) is 86.1 Å². The number of carbonyl (C=O) groups excluding carboxylic acids is 2. The highest BCUT2D eigenvalue weighted by molar-refractivity contribution is 6.30. The van der Waals surface area contributed by atoms with Gasteiger partial charge in [-0.15, -0.1) is 5.10 Å². The zero-order valence-corrected chi connectivity index (χ0v) is 16.2. The van der Waals surface area contributed by atoms with Gasteiger partial charge in [-0.3, -0.25) is 4.79 Å². The summed E-state index contributed by atoms with van der Waals surface area (Å²) >= 11 is 5.86. The van der Waals surface area contributed by atoms with Crippen LogP contribution in [0.2, 0.25) is 5.02 Å². The van der Waals surface area contributed by atoms with Crippen molar-refractivity contribution in [1.29, 1.82) is 0 Å². The Morgan fingerprint density at radius 3 is 2.46 bits per heavy atom. The third kappa shape index (κ3) is 4.75. The van der Waals surface area contributed by atoms with Crippen LogP contribution in [0, 0.1) is 6.92 Å². The quantitative estimate of drug-likeness (QED) is 0.644. The number of aryl methyl sites for hydroxylation is 1. The van der Waals surface area contributed by atoms with E-state index in [1.807, 2.05) is 49.4 Å². The largest absolute Gasteiger partial charge is 0.451 e. The maximum absolute atomic E-state index is 12.3. The fraction of sp³-hybridized carbons (Fsp3) is 0.200. The molecule has 144 valence electrons. The van der Waals surface area contributed by atoms with Crippen molar-refractivity contribution in [2.45, 2.75) is 19.9 Å². The highest BCUT2D eigenvalue weighted by Crippen LogP contribution is 2.16. The third-order valence-electron chi connectivity index (χ3n) is 4.04. The van der Waals surface area contributed by atoms with Crippen molar-refractivity contribution in [2.24, 2.45) is 0 Å². The second kappa shape index (κ2) is 8.67. The SMILES string of the molecule is Cc1nn(-c2ccccc2)nc1C(=O)OCC(=O)N[C@@H](C)c1ccc(Cl)cc1. The molecule has 3 rings (SSSR count). The molecule has 1 atom stereocenters. The van der Waals surface area contributed by atoms with Gasteiger partial charge in [0.05, 0.1) is 17.4 Å². The molecule has 0 bridgehead atoms. The Labute approximate surface area is 167 Å². The van der Waals surface area contributed by atoms with Gasteiger partial charge in [0.25, 0.3) is 5.91 Å². The number of carbonyl (C=O) groups is 2. The molecule has 0 spiro atoms. The van der Waals surface area contributed by atoms with Crippen LogP contribution in [0.1, 0.15) is 34.7 Å². The van der Waals surface area contributed by atoms with Crippen LogP contribution in [0.5, 0.6) is 0 Å². The van der Waals surface area contributed by atoms with E-state index in [-0.39, 0.29) is 11.7 Å². The van der Waals surface area contributed by atoms with E-state index in [9.17, 15) is 9.59 Å². The number of esters is 1. The minimum atomic E-state index is -0.700. The first-order chi connectivity index (χ1) is 13.4. The van der Waals surface area contributed by atoms with Crippen LogP contribution < -0.4 is 5.32 Å². The number of rotatable bonds is 6. The Balaban J connectivity index is 1.57. The van der Waals surface area contributed by atoms with Gasteiger partial charge in [0.15, 0.2) is 12.3 Å². The van der Waals surface area contributed by atoms with E-state index in [4.69, 9.17) is 16.3 Å². The van der Waals surface area contributed by atoms with Crippen LogP contribution in [0.3, 0.4) is 0 Å². The summed E-state index contributed by atoms with van der Waals surface area (Å²) in [6.45, 7) is 3.08. The number of nitrogens with one attached hydrogen (secondary N) is 1. The minimum Gasteiger partial charge on any atom is -0.451 e. The van der Waals surface area contributed by atoms with E-state index in [0.29, 0.717) is 10.7 Å². The predicted molar refractivity (Wildman–Crippen MR) is 104 cm³/mol. The van der Waals surface area contributed by atoms with Crippen molar-refractivity contribution in [2.75, 3.05) is 6.61 Å². The fourth-order valence-electron chi connectivity index (χ4n) is 2.56. The zero-order valence-electron chi connectivity index (χ0n) is 15.4. The monoisotopic (exact) mass is 398 g/mol. The molecule has 2 aromatic carbocycles. The number of hydrogen-bond donors (Lipinski definition) is 1. The maximum atomic E-state index is 12.3. The molecular weight excluding hydrogens is 380 g/mol. The molecule has 0 aliphatic carbocycles. The molecule has 0 fully saturated rings. The van der Waals surface area contributed by atoms with Gasteiger partial charge in [-0.1, -0.05) is 41.9 Å². The molecule has 0 saturated carbocycles. The predicted octanol–water partition coefficient (Wildman–Crippen LogP) is 3.26. The van der Waals surface area contributed by atoms with Gasteiger partial charge in [-0.05, 0) is 43.7 Å². The van der Waals surface area contributed by atoms with Crippen LogP contribution in [0.25, 0.3) is 5.69 Å². The number of nitrogens with zero attached hydrogens (tertiary/aromatic N) is 3. The van der Waals surface area contributed by atoms with Gasteiger partial charge >= 0.3 is 5.97 Å². The maximum Gasteiger partial charge on any atom is 0.361 e. The van der Waals surface area contributed by atoms with Crippen LogP contribution in [-0.4, -0.2) is 33.5 Å². The van der Waals surface area contributed by atoms with Crippen molar-refractivity contribution in [3.63, 3.8) is 0 Å². The van der Waals surface area contributed by atoms with E-state index in [1.165, 1.54) is 4.80 Å². The van der Waals surface area contributed by atoms with Crippen molar-refractivity contribution in [3.05, 3.63) is 76.6 Å². The van der Waals surface area contributed by atoms with Crippen LogP contribution >= 0.6 is 11.6 Å². The summed E-state index contributed by atoms with van der Waals surface area (Å²) in [7, 11) is 0. The van der Waals surface area contributed by atoms with Crippen LogP contribution in [0.4, 0.5) is 0 Å². The van der Waals surface area contributed by atoms with Gasteiger partial charge in [0, 0.05) is 5.02 Å². The fourth-order valence-corrected chi connectivity index (χ4v) is 2.69. The number of hydrogen-bond acceptors (Lipinski definition) is 5. The first-order valence-corrected chi connectivity index (χ1v) is 9.03. The number of amides is 1. The number of ether oxygens (including phenoxy) is 1. The highest BCUT2D eigenvalue weighted by atomic mass is 35.5. The lowest BCUT2D eigenvalue weighted by Crippen LogP contribution is -2.31. The molecule has 1 N–H and O–H groups in total. The van der Waals surface area contributed by atoms with Gasteiger partial charge in [-0.25, -0.2) is 4.79 Å². The second-order valence-electron chi connectivity index (χ2n) is 6.18. The number of halogens is 1. The molecule has 28 heavy (non-hydrogen) atoms. The van der Waals surface area contributed by atoms with Crippen molar-refractivity contribution >= 4 is 23.5 Å². The molecule has 7 nitrogen and oxygen atoms in total. The molecule has 8 heteroatoms. The van der Waals surface area contributed by atoms with E-state index in [2.05, 4.69) is 15.5 Å². The first kappa shape index (κ1) is 19.6. The Morgan fingerprint density at radius 2 is 1.79 bits per heavy atom. The Hall–Kier alpha value is -3.19. The molecule has 1 aromatic heterocycles. The molecule has 0 radical (unpaired) electrons. The summed E-state index contributed by atoms with van der Waals surface area (Å²) < 4.78 is 5.09. The minimum absolute atomic E-state index is 0.0717. The van der Waals surface area contributed by atoms with Crippen molar-refractivity contribution in [3.8, 4) is 5.69 Å². The molecule has 0 saturated heterocycles.